The number of allylic oxidation sites excluding steroid dienone is 2. The second kappa shape index (κ2) is 5.28. The third kappa shape index (κ3) is 2.43. The number of hydrogen-bond acceptors (Lipinski definition) is 3. The first-order chi connectivity index (χ1) is 10.4. The minimum absolute atomic E-state index is 0.0242. The molecular weight excluding hydrogens is 311 g/mol. The number of alkyl halides is 3. The summed E-state index contributed by atoms with van der Waals surface area (Å²) in [4.78, 5) is 12.5. The number of rotatable bonds is 2. The lowest BCUT2D eigenvalue weighted by Crippen LogP contribution is -2.11. The van der Waals surface area contributed by atoms with Gasteiger partial charge in [0.05, 0.1) is 21.9 Å². The van der Waals surface area contributed by atoms with Crippen LogP contribution in [0, 0.1) is 0 Å². The van der Waals surface area contributed by atoms with Crippen molar-refractivity contribution in [1.29, 1.82) is 0 Å². The van der Waals surface area contributed by atoms with Crippen LogP contribution in [0.25, 0.3) is 5.57 Å². The Bertz CT molecular complexity index is 746. The van der Waals surface area contributed by atoms with Crippen molar-refractivity contribution in [1.82, 2.24) is 0 Å². The van der Waals surface area contributed by atoms with Crippen LogP contribution in [-0.4, -0.2) is 5.78 Å². The van der Waals surface area contributed by atoms with E-state index in [1.54, 1.807) is 24.3 Å². The van der Waals surface area contributed by atoms with Gasteiger partial charge in [-0.2, -0.15) is 13.2 Å². The summed E-state index contributed by atoms with van der Waals surface area (Å²) in [6.07, 6.45) is -4.24. The fourth-order valence-corrected chi connectivity index (χ4v) is 3.69. The van der Waals surface area contributed by atoms with Gasteiger partial charge in [-0.25, -0.2) is 0 Å². The van der Waals surface area contributed by atoms with Crippen molar-refractivity contribution in [2.45, 2.75) is 18.5 Å². The Morgan fingerprint density at radius 3 is 2.45 bits per heavy atom. The number of benzene rings is 1. The lowest BCUT2D eigenvalue weighted by atomic mass is 9.94. The maximum absolute atomic E-state index is 13.0. The number of halogens is 3. The topological polar surface area (TPSA) is 43.1 Å². The number of carbonyl (C=O) groups excluding carboxylic acids is 1. The van der Waals surface area contributed by atoms with Crippen molar-refractivity contribution < 1.29 is 18.0 Å². The van der Waals surface area contributed by atoms with Crippen LogP contribution < -0.4 is 5.73 Å². The van der Waals surface area contributed by atoms with Crippen LogP contribution in [0.3, 0.4) is 0 Å². The summed E-state index contributed by atoms with van der Waals surface area (Å²) in [5.41, 5.74) is 6.13. The van der Waals surface area contributed by atoms with Crippen LogP contribution >= 0.6 is 11.3 Å². The fraction of sp³-hybridized carbons (Fsp3) is 0.188. The zero-order valence-electron chi connectivity index (χ0n) is 11.4. The van der Waals surface area contributed by atoms with E-state index in [4.69, 9.17) is 5.73 Å². The molecule has 1 aliphatic rings. The third-order valence-corrected chi connectivity index (χ3v) is 4.64. The SMILES string of the molecule is NC1=C(c2sccc2C(F)(F)F)C(=O)C(c2ccccc2)C1. The van der Waals surface area contributed by atoms with Gasteiger partial charge in [0.2, 0.25) is 0 Å². The average Bonchev–Trinajstić information content (AvgIpc) is 3.04. The molecule has 1 aliphatic carbocycles. The molecule has 6 heteroatoms. The van der Waals surface area contributed by atoms with Crippen LogP contribution in [0.5, 0.6) is 0 Å². The number of thiophene rings is 1. The standard InChI is InChI=1S/C16H12F3NOS/c17-16(18,19)11-6-7-22-15(11)13-12(20)8-10(14(13)21)9-4-2-1-3-5-9/h1-7,10H,8,20H2. The number of hydrogen-bond donors (Lipinski definition) is 1. The summed E-state index contributed by atoms with van der Waals surface area (Å²) in [5.74, 6) is -0.837. The summed E-state index contributed by atoms with van der Waals surface area (Å²) in [6.45, 7) is 0. The first-order valence-electron chi connectivity index (χ1n) is 6.62. The first kappa shape index (κ1) is 14.8. The van der Waals surface area contributed by atoms with Crippen LogP contribution in [0.2, 0.25) is 0 Å². The summed E-state index contributed by atoms with van der Waals surface area (Å²) in [5, 5.41) is 1.33. The van der Waals surface area contributed by atoms with Crippen molar-refractivity contribution in [2.24, 2.45) is 5.73 Å². The first-order valence-corrected chi connectivity index (χ1v) is 7.50. The van der Waals surface area contributed by atoms with E-state index in [2.05, 4.69) is 0 Å². The van der Waals surface area contributed by atoms with E-state index in [1.807, 2.05) is 6.07 Å². The molecule has 1 atom stereocenters. The quantitative estimate of drug-likeness (QED) is 0.900. The molecule has 1 aromatic heterocycles. The van der Waals surface area contributed by atoms with E-state index in [1.165, 1.54) is 5.38 Å². The molecule has 3 rings (SSSR count). The fourth-order valence-electron chi connectivity index (χ4n) is 2.69. The minimum Gasteiger partial charge on any atom is -0.401 e. The molecule has 1 heterocycles. The molecule has 1 aromatic carbocycles. The van der Waals surface area contributed by atoms with E-state index in [0.29, 0.717) is 0 Å². The van der Waals surface area contributed by atoms with E-state index in [0.717, 1.165) is 23.0 Å². The van der Waals surface area contributed by atoms with Crippen molar-refractivity contribution in [3.8, 4) is 0 Å². The zero-order chi connectivity index (χ0) is 15.9. The smallest absolute Gasteiger partial charge is 0.401 e. The molecule has 2 nitrogen and oxygen atoms in total. The van der Waals surface area contributed by atoms with Gasteiger partial charge in [0.15, 0.2) is 5.78 Å². The summed E-state index contributed by atoms with van der Waals surface area (Å²) in [7, 11) is 0. The molecule has 0 spiro atoms. The highest BCUT2D eigenvalue weighted by Gasteiger charge is 2.40. The molecule has 0 saturated carbocycles. The molecule has 2 N–H and O–H groups in total. The lowest BCUT2D eigenvalue weighted by Gasteiger charge is -2.11. The Morgan fingerprint density at radius 1 is 1.14 bits per heavy atom. The van der Waals surface area contributed by atoms with Crippen LogP contribution in [-0.2, 0) is 11.0 Å². The molecule has 0 amide bonds. The van der Waals surface area contributed by atoms with Crippen molar-refractivity contribution in [3.05, 3.63) is 63.5 Å². The monoisotopic (exact) mass is 323 g/mol. The molecule has 114 valence electrons. The van der Waals surface area contributed by atoms with Gasteiger partial charge in [0.25, 0.3) is 0 Å². The van der Waals surface area contributed by atoms with E-state index < -0.39 is 17.7 Å². The second-order valence-electron chi connectivity index (χ2n) is 5.09. The number of ketones is 1. The highest BCUT2D eigenvalue weighted by atomic mass is 32.1. The van der Waals surface area contributed by atoms with Gasteiger partial charge in [0.1, 0.15) is 0 Å². The largest absolute Gasteiger partial charge is 0.417 e. The van der Waals surface area contributed by atoms with E-state index in [-0.39, 0.29) is 28.4 Å². The minimum atomic E-state index is -4.49. The molecule has 0 bridgehead atoms. The molecule has 1 unspecified atom stereocenters. The van der Waals surface area contributed by atoms with Gasteiger partial charge in [0, 0.05) is 12.1 Å². The van der Waals surface area contributed by atoms with Crippen LogP contribution in [0.4, 0.5) is 13.2 Å². The lowest BCUT2D eigenvalue weighted by molar-refractivity contribution is -0.137. The molecule has 0 fully saturated rings. The second-order valence-corrected chi connectivity index (χ2v) is 6.01. The predicted octanol–water partition coefficient (Wildman–Crippen LogP) is 4.19. The van der Waals surface area contributed by atoms with Gasteiger partial charge in [-0.3, -0.25) is 4.79 Å². The van der Waals surface area contributed by atoms with Crippen LogP contribution in [0.15, 0.2) is 47.5 Å². The van der Waals surface area contributed by atoms with E-state index in [9.17, 15) is 18.0 Å². The predicted molar refractivity (Wildman–Crippen MR) is 79.2 cm³/mol. The van der Waals surface area contributed by atoms with Crippen LogP contribution in [0.1, 0.15) is 28.3 Å². The molecular formula is C16H12F3NOS. The Labute approximate surface area is 129 Å². The van der Waals surface area contributed by atoms with Crippen molar-refractivity contribution >= 4 is 22.7 Å². The van der Waals surface area contributed by atoms with Crippen molar-refractivity contribution in [3.63, 3.8) is 0 Å². The summed E-state index contributed by atoms with van der Waals surface area (Å²) in [6, 6.07) is 9.98. The average molecular weight is 323 g/mol. The Balaban J connectivity index is 2.01. The Hall–Kier alpha value is -2.08. The van der Waals surface area contributed by atoms with E-state index >= 15 is 0 Å². The van der Waals surface area contributed by atoms with Gasteiger partial charge in [-0.15, -0.1) is 11.3 Å². The van der Waals surface area contributed by atoms with Crippen molar-refractivity contribution in [2.75, 3.05) is 0 Å². The van der Waals surface area contributed by atoms with Gasteiger partial charge >= 0.3 is 6.18 Å². The van der Waals surface area contributed by atoms with Gasteiger partial charge in [-0.1, -0.05) is 30.3 Å². The van der Waals surface area contributed by atoms with Gasteiger partial charge < -0.3 is 5.73 Å². The summed E-state index contributed by atoms with van der Waals surface area (Å²) >= 11 is 0.900. The van der Waals surface area contributed by atoms with Gasteiger partial charge in [-0.05, 0) is 17.0 Å². The Morgan fingerprint density at radius 2 is 1.82 bits per heavy atom. The zero-order valence-corrected chi connectivity index (χ0v) is 12.2. The summed E-state index contributed by atoms with van der Waals surface area (Å²) < 4.78 is 39.1. The normalized spacial score (nSPS) is 19.0. The number of Topliss-reactive ketones (excluding diaryl/α,β-unsaturated/α-hetero) is 1. The molecule has 2 aromatic rings. The number of carbonyl (C=O) groups is 1. The Kier molecular flexibility index (Phi) is 3.56. The highest BCUT2D eigenvalue weighted by molar-refractivity contribution is 7.11. The molecule has 0 aliphatic heterocycles. The maximum atomic E-state index is 13.0. The third-order valence-electron chi connectivity index (χ3n) is 3.71. The highest BCUT2D eigenvalue weighted by Crippen LogP contribution is 2.44. The molecule has 0 saturated heterocycles. The number of nitrogens with two attached hydrogens (primary N) is 1. The molecule has 22 heavy (non-hydrogen) atoms. The molecule has 0 radical (unpaired) electrons. The maximum Gasteiger partial charge on any atom is 0.417 e.